The van der Waals surface area contributed by atoms with Gasteiger partial charge in [0.15, 0.2) is 0 Å². The summed E-state index contributed by atoms with van der Waals surface area (Å²) in [5.74, 6) is 0.573. The van der Waals surface area contributed by atoms with Gasteiger partial charge in [0.2, 0.25) is 0 Å². The van der Waals surface area contributed by atoms with Crippen molar-refractivity contribution in [3.63, 3.8) is 0 Å². The van der Waals surface area contributed by atoms with Crippen molar-refractivity contribution in [3.05, 3.63) is 20.8 Å². The molecule has 2 heterocycles. The number of halogens is 1. The third kappa shape index (κ3) is 2.81. The van der Waals surface area contributed by atoms with Gasteiger partial charge in [0.1, 0.15) is 6.10 Å². The molecule has 2 atom stereocenters. The summed E-state index contributed by atoms with van der Waals surface area (Å²) in [5, 5.41) is 3.44. The maximum Gasteiger partial charge on any atom is 0.105 e. The van der Waals surface area contributed by atoms with Gasteiger partial charge in [0.05, 0.1) is 9.89 Å². The quantitative estimate of drug-likeness (QED) is 0.903. The van der Waals surface area contributed by atoms with Crippen LogP contribution in [0.4, 0.5) is 0 Å². The van der Waals surface area contributed by atoms with Crippen LogP contribution in [-0.4, -0.2) is 19.2 Å². The highest BCUT2D eigenvalue weighted by atomic mass is 79.9. The van der Waals surface area contributed by atoms with Crippen molar-refractivity contribution in [3.8, 4) is 0 Å². The van der Waals surface area contributed by atoms with E-state index in [1.54, 1.807) is 11.3 Å². The molecule has 0 bridgehead atoms. The largest absolute Gasteiger partial charge is 0.367 e. The van der Waals surface area contributed by atoms with Gasteiger partial charge in [-0.05, 0) is 34.0 Å². The number of rotatable bonds is 2. The second kappa shape index (κ2) is 4.95. The third-order valence-corrected chi connectivity index (χ3v) is 4.38. The molecule has 1 saturated heterocycles. The molecular weight excluding hydrogens is 274 g/mol. The summed E-state index contributed by atoms with van der Waals surface area (Å²) < 4.78 is 7.25. The lowest BCUT2D eigenvalue weighted by atomic mass is 10.1. The van der Waals surface area contributed by atoms with E-state index in [2.05, 4.69) is 47.2 Å². The van der Waals surface area contributed by atoms with Gasteiger partial charge in [-0.25, -0.2) is 0 Å². The highest BCUT2D eigenvalue weighted by Gasteiger charge is 2.26. The first kappa shape index (κ1) is 11.6. The maximum absolute atomic E-state index is 6.07. The minimum Gasteiger partial charge on any atom is -0.367 e. The van der Waals surface area contributed by atoms with E-state index < -0.39 is 0 Å². The normalized spacial score (nSPS) is 27.2. The number of nitrogens with one attached hydrogen (secondary N) is 1. The fourth-order valence-electron chi connectivity index (χ4n) is 1.73. The number of morpholine rings is 1. The van der Waals surface area contributed by atoms with Crippen LogP contribution < -0.4 is 5.32 Å². The van der Waals surface area contributed by atoms with Crippen LogP contribution in [0.5, 0.6) is 0 Å². The van der Waals surface area contributed by atoms with Gasteiger partial charge in [-0.2, -0.15) is 0 Å². The van der Waals surface area contributed by atoms with Crippen molar-refractivity contribution < 1.29 is 4.74 Å². The average Bonchev–Trinajstić information content (AvgIpc) is 2.65. The van der Waals surface area contributed by atoms with E-state index in [9.17, 15) is 0 Å². The molecule has 15 heavy (non-hydrogen) atoms. The van der Waals surface area contributed by atoms with Gasteiger partial charge in [-0.1, -0.05) is 13.8 Å². The standard InChI is InChI=1S/C11H16BrNOS/c1-7(2)8-5-13-6-9(14-8)10-3-4-11(12)15-10/h3-4,7-9,13H,5-6H2,1-2H3. The highest BCUT2D eigenvalue weighted by molar-refractivity contribution is 9.11. The fraction of sp³-hybridized carbons (Fsp3) is 0.636. The summed E-state index contributed by atoms with van der Waals surface area (Å²) in [6, 6.07) is 4.23. The van der Waals surface area contributed by atoms with E-state index in [0.717, 1.165) is 13.1 Å². The Morgan fingerprint density at radius 1 is 1.47 bits per heavy atom. The lowest BCUT2D eigenvalue weighted by Gasteiger charge is -2.32. The first-order valence-corrected chi connectivity index (χ1v) is 6.89. The Balaban J connectivity index is 2.04. The SMILES string of the molecule is CC(C)C1CNCC(c2ccc(Br)s2)O1. The Labute approximate surface area is 103 Å². The van der Waals surface area contributed by atoms with Crippen LogP contribution in [0.25, 0.3) is 0 Å². The van der Waals surface area contributed by atoms with E-state index in [1.165, 1.54) is 8.66 Å². The average molecular weight is 290 g/mol. The molecule has 1 aliphatic rings. The Bertz CT molecular complexity index is 326. The topological polar surface area (TPSA) is 21.3 Å². The zero-order valence-electron chi connectivity index (χ0n) is 9.00. The molecular formula is C11H16BrNOS. The number of hydrogen-bond donors (Lipinski definition) is 1. The van der Waals surface area contributed by atoms with Crippen molar-refractivity contribution in [2.24, 2.45) is 5.92 Å². The molecule has 1 aromatic heterocycles. The van der Waals surface area contributed by atoms with Crippen LogP contribution in [0.15, 0.2) is 15.9 Å². The van der Waals surface area contributed by atoms with Crippen LogP contribution in [0, 0.1) is 5.92 Å². The first-order valence-electron chi connectivity index (χ1n) is 5.28. The second-order valence-electron chi connectivity index (χ2n) is 4.21. The number of ether oxygens (including phenoxy) is 1. The van der Waals surface area contributed by atoms with E-state index in [0.29, 0.717) is 12.0 Å². The summed E-state index contributed by atoms with van der Waals surface area (Å²) >= 11 is 5.25. The van der Waals surface area contributed by atoms with Gasteiger partial charge in [-0.15, -0.1) is 11.3 Å². The summed E-state index contributed by atoms with van der Waals surface area (Å²) in [6.45, 7) is 6.31. The summed E-state index contributed by atoms with van der Waals surface area (Å²) in [5.41, 5.74) is 0. The smallest absolute Gasteiger partial charge is 0.105 e. The monoisotopic (exact) mass is 289 g/mol. The molecule has 0 amide bonds. The van der Waals surface area contributed by atoms with Crippen molar-refractivity contribution in [2.45, 2.75) is 26.1 Å². The van der Waals surface area contributed by atoms with Gasteiger partial charge in [-0.3, -0.25) is 0 Å². The predicted molar refractivity (Wildman–Crippen MR) is 67.3 cm³/mol. The van der Waals surface area contributed by atoms with Gasteiger partial charge < -0.3 is 10.1 Å². The molecule has 1 aliphatic heterocycles. The lowest BCUT2D eigenvalue weighted by molar-refractivity contribution is -0.0587. The Hall–Kier alpha value is 0.1000. The number of hydrogen-bond acceptors (Lipinski definition) is 3. The van der Waals surface area contributed by atoms with Crippen LogP contribution >= 0.6 is 27.3 Å². The number of thiophene rings is 1. The summed E-state index contributed by atoms with van der Waals surface area (Å²) in [4.78, 5) is 1.31. The molecule has 2 rings (SSSR count). The van der Waals surface area contributed by atoms with E-state index in [4.69, 9.17) is 4.74 Å². The molecule has 1 fully saturated rings. The van der Waals surface area contributed by atoms with E-state index in [-0.39, 0.29) is 6.10 Å². The zero-order chi connectivity index (χ0) is 10.8. The van der Waals surface area contributed by atoms with Gasteiger partial charge >= 0.3 is 0 Å². The second-order valence-corrected chi connectivity index (χ2v) is 6.70. The molecule has 0 radical (unpaired) electrons. The first-order chi connectivity index (χ1) is 7.16. The summed E-state index contributed by atoms with van der Waals surface area (Å²) in [7, 11) is 0. The molecule has 4 heteroatoms. The van der Waals surface area contributed by atoms with Crippen LogP contribution in [0.1, 0.15) is 24.8 Å². The van der Waals surface area contributed by atoms with Crippen molar-refractivity contribution in [2.75, 3.05) is 13.1 Å². The van der Waals surface area contributed by atoms with Crippen molar-refractivity contribution >= 4 is 27.3 Å². The summed E-state index contributed by atoms with van der Waals surface area (Å²) in [6.07, 6.45) is 0.562. The molecule has 0 aliphatic carbocycles. The minimum absolute atomic E-state index is 0.224. The van der Waals surface area contributed by atoms with E-state index in [1.807, 2.05) is 0 Å². The van der Waals surface area contributed by atoms with Gasteiger partial charge in [0, 0.05) is 18.0 Å². The molecule has 0 saturated carbocycles. The molecule has 84 valence electrons. The highest BCUT2D eigenvalue weighted by Crippen LogP contribution is 2.31. The molecule has 2 nitrogen and oxygen atoms in total. The predicted octanol–water partition coefficient (Wildman–Crippen LogP) is 3.20. The Morgan fingerprint density at radius 2 is 2.27 bits per heavy atom. The molecule has 2 unspecified atom stereocenters. The third-order valence-electron chi connectivity index (χ3n) is 2.67. The minimum atomic E-state index is 0.224. The lowest BCUT2D eigenvalue weighted by Crippen LogP contribution is -2.42. The van der Waals surface area contributed by atoms with Crippen LogP contribution in [0.2, 0.25) is 0 Å². The zero-order valence-corrected chi connectivity index (χ0v) is 11.4. The van der Waals surface area contributed by atoms with Crippen molar-refractivity contribution in [1.82, 2.24) is 5.32 Å². The van der Waals surface area contributed by atoms with E-state index >= 15 is 0 Å². The molecule has 1 N–H and O–H groups in total. The molecule has 0 spiro atoms. The van der Waals surface area contributed by atoms with Crippen LogP contribution in [-0.2, 0) is 4.74 Å². The molecule has 0 aromatic carbocycles. The Kier molecular flexibility index (Phi) is 3.83. The maximum atomic E-state index is 6.07. The fourth-order valence-corrected chi connectivity index (χ4v) is 3.19. The van der Waals surface area contributed by atoms with Crippen LogP contribution in [0.3, 0.4) is 0 Å². The van der Waals surface area contributed by atoms with Crippen molar-refractivity contribution in [1.29, 1.82) is 0 Å². The van der Waals surface area contributed by atoms with Gasteiger partial charge in [0.25, 0.3) is 0 Å². The molecule has 1 aromatic rings. The Morgan fingerprint density at radius 3 is 2.87 bits per heavy atom.